The molecule has 1 aromatic heterocycles. The molecule has 0 fully saturated rings. The number of nitrogens with one attached hydrogen (secondary N) is 2. The van der Waals surface area contributed by atoms with E-state index in [-0.39, 0.29) is 23.6 Å². The Balaban J connectivity index is 2.16. The third kappa shape index (κ3) is 3.71. The van der Waals surface area contributed by atoms with Gasteiger partial charge in [0, 0.05) is 6.04 Å². The number of carbonyl (C=O) groups is 1. The number of aromatic amines is 1. The Hall–Kier alpha value is -2.21. The van der Waals surface area contributed by atoms with E-state index < -0.39 is 0 Å². The summed E-state index contributed by atoms with van der Waals surface area (Å²) in [6.07, 6.45) is 0. The second-order valence-corrected chi connectivity index (χ2v) is 5.78. The zero-order valence-electron chi connectivity index (χ0n) is 13.4. The van der Waals surface area contributed by atoms with Crippen molar-refractivity contribution in [2.75, 3.05) is 7.05 Å². The minimum Gasteiger partial charge on any atom is -0.353 e. The lowest BCUT2D eigenvalue weighted by atomic mass is 10.2. The molecule has 2 rings (SSSR count). The molecule has 1 heterocycles. The van der Waals surface area contributed by atoms with Crippen molar-refractivity contribution < 1.29 is 4.79 Å². The molecule has 0 saturated heterocycles. The van der Waals surface area contributed by atoms with Crippen molar-refractivity contribution in [1.82, 2.24) is 20.2 Å². The van der Waals surface area contributed by atoms with Crippen LogP contribution in [0, 0.1) is 0 Å². The number of nitrogens with zero attached hydrogens (tertiary/aromatic N) is 2. The highest BCUT2D eigenvalue weighted by atomic mass is 16.2. The highest BCUT2D eigenvalue weighted by molar-refractivity contribution is 5.81. The zero-order chi connectivity index (χ0) is 16.3. The monoisotopic (exact) mass is 302 g/mol. The van der Waals surface area contributed by atoms with Crippen LogP contribution in [0.3, 0.4) is 0 Å². The lowest BCUT2D eigenvalue weighted by Gasteiger charge is -2.24. The van der Waals surface area contributed by atoms with E-state index in [1.165, 1.54) is 0 Å². The first-order chi connectivity index (χ1) is 10.4. The lowest BCUT2D eigenvalue weighted by Crippen LogP contribution is -2.45. The van der Waals surface area contributed by atoms with E-state index >= 15 is 0 Å². The quantitative estimate of drug-likeness (QED) is 0.872. The van der Waals surface area contributed by atoms with Gasteiger partial charge in [-0.3, -0.25) is 14.5 Å². The Labute approximate surface area is 129 Å². The summed E-state index contributed by atoms with van der Waals surface area (Å²) in [7, 11) is 1.83. The van der Waals surface area contributed by atoms with E-state index in [1.54, 1.807) is 6.07 Å². The molecule has 6 heteroatoms. The Kier molecular flexibility index (Phi) is 4.92. The molecule has 1 amide bonds. The van der Waals surface area contributed by atoms with Crippen LogP contribution in [0.25, 0.3) is 10.9 Å². The minimum absolute atomic E-state index is 0.0411. The molecular formula is C16H22N4O2. The molecule has 6 nitrogen and oxygen atoms in total. The molecule has 1 unspecified atom stereocenters. The van der Waals surface area contributed by atoms with Gasteiger partial charge in [0.25, 0.3) is 5.56 Å². The molecule has 0 spiro atoms. The van der Waals surface area contributed by atoms with Crippen LogP contribution in [0.15, 0.2) is 29.1 Å². The molecule has 0 aliphatic carbocycles. The van der Waals surface area contributed by atoms with Crippen LogP contribution in [0.4, 0.5) is 0 Å². The van der Waals surface area contributed by atoms with Gasteiger partial charge in [0.2, 0.25) is 5.91 Å². The number of H-pyrrole nitrogens is 1. The van der Waals surface area contributed by atoms with Crippen molar-refractivity contribution >= 4 is 16.8 Å². The van der Waals surface area contributed by atoms with Crippen LogP contribution in [-0.2, 0) is 11.3 Å². The van der Waals surface area contributed by atoms with Crippen molar-refractivity contribution in [3.05, 3.63) is 40.4 Å². The van der Waals surface area contributed by atoms with Crippen molar-refractivity contribution in [3.8, 4) is 0 Å². The number of carbonyl (C=O) groups excluding carboxylic acids is 1. The second kappa shape index (κ2) is 6.70. The number of hydrogen-bond acceptors (Lipinski definition) is 4. The molecule has 0 saturated carbocycles. The molecule has 1 aromatic carbocycles. The number of rotatable bonds is 5. The number of benzene rings is 1. The van der Waals surface area contributed by atoms with Crippen molar-refractivity contribution in [2.24, 2.45) is 0 Å². The molecule has 0 aliphatic heterocycles. The molecule has 1 atom stereocenters. The summed E-state index contributed by atoms with van der Waals surface area (Å²) in [4.78, 5) is 33.1. The summed E-state index contributed by atoms with van der Waals surface area (Å²) < 4.78 is 0. The highest BCUT2D eigenvalue weighted by Gasteiger charge is 2.19. The van der Waals surface area contributed by atoms with E-state index in [1.807, 2.05) is 50.9 Å². The fourth-order valence-electron chi connectivity index (χ4n) is 2.19. The fraction of sp³-hybridized carbons (Fsp3) is 0.438. The lowest BCUT2D eigenvalue weighted by molar-refractivity contribution is -0.126. The highest BCUT2D eigenvalue weighted by Crippen LogP contribution is 2.08. The SMILES string of the molecule is CC(C)NC(=O)C(C)N(C)Cc1nc2ccccc2c(=O)[nH]1. The van der Waals surface area contributed by atoms with Crippen LogP contribution in [0.5, 0.6) is 0 Å². The van der Waals surface area contributed by atoms with Crippen molar-refractivity contribution in [2.45, 2.75) is 39.4 Å². The summed E-state index contributed by atoms with van der Waals surface area (Å²) in [5, 5.41) is 3.45. The topological polar surface area (TPSA) is 78.1 Å². The maximum atomic E-state index is 12.0. The predicted molar refractivity (Wildman–Crippen MR) is 86.6 cm³/mol. The average Bonchev–Trinajstić information content (AvgIpc) is 2.45. The van der Waals surface area contributed by atoms with Crippen LogP contribution < -0.4 is 10.9 Å². The van der Waals surface area contributed by atoms with Gasteiger partial charge in [-0.25, -0.2) is 4.98 Å². The van der Waals surface area contributed by atoms with Crippen molar-refractivity contribution in [3.63, 3.8) is 0 Å². The van der Waals surface area contributed by atoms with Gasteiger partial charge < -0.3 is 10.3 Å². The first-order valence-corrected chi connectivity index (χ1v) is 7.37. The van der Waals surface area contributed by atoms with Gasteiger partial charge >= 0.3 is 0 Å². The molecule has 0 bridgehead atoms. The fourth-order valence-corrected chi connectivity index (χ4v) is 2.19. The minimum atomic E-state index is -0.306. The van der Waals surface area contributed by atoms with Gasteiger partial charge in [0.1, 0.15) is 5.82 Å². The van der Waals surface area contributed by atoms with Crippen LogP contribution in [0.2, 0.25) is 0 Å². The predicted octanol–water partition coefficient (Wildman–Crippen LogP) is 1.27. The molecular weight excluding hydrogens is 280 g/mol. The summed E-state index contributed by atoms with van der Waals surface area (Å²) in [5.41, 5.74) is 0.502. The summed E-state index contributed by atoms with van der Waals surface area (Å²) in [6, 6.07) is 7.00. The van der Waals surface area contributed by atoms with E-state index in [0.717, 1.165) is 0 Å². The Bertz CT molecular complexity index is 723. The molecule has 2 aromatic rings. The second-order valence-electron chi connectivity index (χ2n) is 5.78. The van der Waals surface area contributed by atoms with Gasteiger partial charge in [-0.1, -0.05) is 12.1 Å². The molecule has 2 N–H and O–H groups in total. The Morgan fingerprint density at radius 3 is 2.68 bits per heavy atom. The van der Waals surface area contributed by atoms with Crippen LogP contribution in [0.1, 0.15) is 26.6 Å². The summed E-state index contributed by atoms with van der Waals surface area (Å²) in [6.45, 7) is 6.07. The largest absolute Gasteiger partial charge is 0.353 e. The molecule has 0 aliphatic rings. The first-order valence-electron chi connectivity index (χ1n) is 7.37. The number of amides is 1. The summed E-state index contributed by atoms with van der Waals surface area (Å²) in [5.74, 6) is 0.510. The van der Waals surface area contributed by atoms with Crippen LogP contribution in [-0.4, -0.2) is 39.9 Å². The number of para-hydroxylation sites is 1. The number of aromatic nitrogens is 2. The Morgan fingerprint density at radius 2 is 2.00 bits per heavy atom. The van der Waals surface area contributed by atoms with E-state index in [4.69, 9.17) is 0 Å². The number of fused-ring (bicyclic) bond motifs is 1. The molecule has 22 heavy (non-hydrogen) atoms. The van der Waals surface area contributed by atoms with E-state index in [2.05, 4.69) is 15.3 Å². The van der Waals surface area contributed by atoms with Gasteiger partial charge in [-0.05, 0) is 40.0 Å². The average molecular weight is 302 g/mol. The van der Waals surface area contributed by atoms with E-state index in [9.17, 15) is 9.59 Å². The third-order valence-corrected chi connectivity index (χ3v) is 3.53. The summed E-state index contributed by atoms with van der Waals surface area (Å²) >= 11 is 0. The maximum Gasteiger partial charge on any atom is 0.258 e. The normalized spacial score (nSPS) is 12.8. The smallest absolute Gasteiger partial charge is 0.258 e. The molecule has 118 valence electrons. The number of hydrogen-bond donors (Lipinski definition) is 2. The first kappa shape index (κ1) is 16.2. The number of likely N-dealkylation sites (N-methyl/N-ethyl adjacent to an activating group) is 1. The van der Waals surface area contributed by atoms with Crippen molar-refractivity contribution in [1.29, 1.82) is 0 Å². The van der Waals surface area contributed by atoms with Gasteiger partial charge in [-0.15, -0.1) is 0 Å². The van der Waals surface area contributed by atoms with Gasteiger partial charge in [0.05, 0.1) is 23.5 Å². The molecule has 0 radical (unpaired) electrons. The standard InChI is InChI=1S/C16H22N4O2/c1-10(2)17-15(21)11(3)20(4)9-14-18-13-8-6-5-7-12(13)16(22)19-14/h5-8,10-11H,9H2,1-4H3,(H,17,21)(H,18,19,22). The van der Waals surface area contributed by atoms with Crippen LogP contribution >= 0.6 is 0 Å². The van der Waals surface area contributed by atoms with E-state index in [0.29, 0.717) is 23.3 Å². The van der Waals surface area contributed by atoms with Gasteiger partial charge in [-0.2, -0.15) is 0 Å². The Morgan fingerprint density at radius 1 is 1.32 bits per heavy atom. The zero-order valence-corrected chi connectivity index (χ0v) is 13.4. The third-order valence-electron chi connectivity index (χ3n) is 3.53. The van der Waals surface area contributed by atoms with Gasteiger partial charge in [0.15, 0.2) is 0 Å². The maximum absolute atomic E-state index is 12.0.